The number of anilines is 2. The van der Waals surface area contributed by atoms with Crippen molar-refractivity contribution < 1.29 is 39.2 Å². The number of aliphatic hydroxyl groups is 1. The second-order valence-electron chi connectivity index (χ2n) is 8.98. The summed E-state index contributed by atoms with van der Waals surface area (Å²) in [7, 11) is 0. The number of carboxylic acids is 2. The SMILES string of the molecule is CCN(CC)CC(O)CNc1ccc(NCC2CO2)c2c1C(=O)c1ccccc1C2=O.O=C(O)C=CC(=O)O. The Labute approximate surface area is 226 Å². The van der Waals surface area contributed by atoms with E-state index in [1.54, 1.807) is 30.3 Å². The maximum absolute atomic E-state index is 13.4. The molecule has 0 radical (unpaired) electrons. The Morgan fingerprint density at radius 2 is 1.44 bits per heavy atom. The summed E-state index contributed by atoms with van der Waals surface area (Å²) in [5, 5.41) is 32.6. The summed E-state index contributed by atoms with van der Waals surface area (Å²) in [5.41, 5.74) is 2.77. The summed E-state index contributed by atoms with van der Waals surface area (Å²) in [6.07, 6.45) is 0.664. The van der Waals surface area contributed by atoms with Crippen LogP contribution >= 0.6 is 0 Å². The van der Waals surface area contributed by atoms with Crippen molar-refractivity contribution in [2.45, 2.75) is 26.1 Å². The van der Waals surface area contributed by atoms with Gasteiger partial charge in [0.1, 0.15) is 0 Å². The molecule has 11 nitrogen and oxygen atoms in total. The maximum atomic E-state index is 13.4. The minimum atomic E-state index is -1.26. The van der Waals surface area contributed by atoms with Crippen LogP contribution in [0.25, 0.3) is 0 Å². The fourth-order valence-corrected chi connectivity index (χ4v) is 4.14. The number of aliphatic hydroxyl groups excluding tert-OH is 1. The molecule has 2 atom stereocenters. The van der Waals surface area contributed by atoms with Crippen LogP contribution in [0.4, 0.5) is 11.4 Å². The highest BCUT2D eigenvalue weighted by molar-refractivity contribution is 6.31. The number of ether oxygens (including phenoxy) is 1. The number of nitrogens with one attached hydrogen (secondary N) is 2. The van der Waals surface area contributed by atoms with Crippen LogP contribution in [-0.2, 0) is 14.3 Å². The molecule has 0 bridgehead atoms. The van der Waals surface area contributed by atoms with Gasteiger partial charge in [-0.15, -0.1) is 0 Å². The van der Waals surface area contributed by atoms with Gasteiger partial charge in [0.15, 0.2) is 11.6 Å². The minimum absolute atomic E-state index is 0.144. The lowest BCUT2D eigenvalue weighted by atomic mass is 9.82. The van der Waals surface area contributed by atoms with Crippen molar-refractivity contribution in [2.75, 3.05) is 50.0 Å². The molecule has 2 aromatic carbocycles. The van der Waals surface area contributed by atoms with Gasteiger partial charge in [0.25, 0.3) is 0 Å². The average Bonchev–Trinajstić information content (AvgIpc) is 3.76. The van der Waals surface area contributed by atoms with E-state index < -0.39 is 18.0 Å². The van der Waals surface area contributed by atoms with Crippen molar-refractivity contribution in [2.24, 2.45) is 0 Å². The molecule has 39 heavy (non-hydrogen) atoms. The van der Waals surface area contributed by atoms with Gasteiger partial charge in [-0.05, 0) is 25.2 Å². The summed E-state index contributed by atoms with van der Waals surface area (Å²) in [6.45, 7) is 7.95. The third-order valence-electron chi connectivity index (χ3n) is 6.26. The van der Waals surface area contributed by atoms with Crippen molar-refractivity contribution >= 4 is 34.9 Å². The molecule has 208 valence electrons. The van der Waals surface area contributed by atoms with Crippen molar-refractivity contribution in [1.29, 1.82) is 0 Å². The van der Waals surface area contributed by atoms with Crippen molar-refractivity contribution in [1.82, 2.24) is 4.90 Å². The van der Waals surface area contributed by atoms with Crippen LogP contribution < -0.4 is 10.6 Å². The zero-order chi connectivity index (χ0) is 28.5. The van der Waals surface area contributed by atoms with Crippen LogP contribution in [0.15, 0.2) is 48.6 Å². The molecule has 2 aromatic rings. The lowest BCUT2D eigenvalue weighted by molar-refractivity contribution is -0.134. The fraction of sp³-hybridized carbons (Fsp3) is 0.357. The Bertz CT molecular complexity index is 1240. The lowest BCUT2D eigenvalue weighted by Crippen LogP contribution is -2.36. The van der Waals surface area contributed by atoms with Gasteiger partial charge in [-0.1, -0.05) is 38.1 Å². The van der Waals surface area contributed by atoms with E-state index in [0.29, 0.717) is 65.5 Å². The van der Waals surface area contributed by atoms with E-state index in [-0.39, 0.29) is 24.2 Å². The smallest absolute Gasteiger partial charge is 0.328 e. The Morgan fingerprint density at radius 3 is 1.87 bits per heavy atom. The highest BCUT2D eigenvalue weighted by atomic mass is 16.6. The highest BCUT2D eigenvalue weighted by Gasteiger charge is 2.34. The third-order valence-corrected chi connectivity index (χ3v) is 6.26. The Balaban J connectivity index is 0.000000459. The molecule has 0 spiro atoms. The number of aliphatic carboxylic acids is 2. The standard InChI is InChI=1S/C24H29N3O4.C4H4O4/c1-3-27(4-2)13-15(28)11-25-19-9-10-20(26-12-16-14-31-16)22-21(19)23(29)17-7-5-6-8-18(17)24(22)30;5-3(6)1-2-4(7)8/h5-10,15-16,25-26,28H,3-4,11-14H2,1-2H3;1-2H,(H,5,6)(H,7,8). The number of ketones is 2. The maximum Gasteiger partial charge on any atom is 0.328 e. The molecule has 4 rings (SSSR count). The topological polar surface area (TPSA) is 169 Å². The van der Waals surface area contributed by atoms with E-state index in [1.165, 1.54) is 0 Å². The summed E-state index contributed by atoms with van der Waals surface area (Å²) >= 11 is 0. The van der Waals surface area contributed by atoms with E-state index in [9.17, 15) is 24.3 Å². The number of carbonyl (C=O) groups is 4. The summed E-state index contributed by atoms with van der Waals surface area (Å²) < 4.78 is 5.26. The first kappa shape index (κ1) is 29.5. The van der Waals surface area contributed by atoms with Crippen molar-refractivity contribution in [3.63, 3.8) is 0 Å². The zero-order valence-corrected chi connectivity index (χ0v) is 21.8. The largest absolute Gasteiger partial charge is 0.478 e. The molecular formula is C28H33N3O8. The number of hydrogen-bond acceptors (Lipinski definition) is 9. The third kappa shape index (κ3) is 7.96. The van der Waals surface area contributed by atoms with Gasteiger partial charge in [-0.25, -0.2) is 9.59 Å². The molecule has 2 aliphatic rings. The molecule has 11 heteroatoms. The Kier molecular flexibility index (Phi) is 10.3. The monoisotopic (exact) mass is 539 g/mol. The van der Waals surface area contributed by atoms with Crippen LogP contribution in [-0.4, -0.2) is 95.3 Å². The predicted octanol–water partition coefficient (Wildman–Crippen LogP) is 2.10. The van der Waals surface area contributed by atoms with Crippen molar-refractivity contribution in [3.8, 4) is 0 Å². The van der Waals surface area contributed by atoms with Gasteiger partial charge in [-0.3, -0.25) is 9.59 Å². The molecule has 2 unspecified atom stereocenters. The number of benzene rings is 2. The normalized spacial score (nSPS) is 16.2. The number of likely N-dealkylation sites (N-methyl/N-ethyl adjacent to an activating group) is 1. The van der Waals surface area contributed by atoms with Gasteiger partial charge < -0.3 is 35.6 Å². The fourth-order valence-electron chi connectivity index (χ4n) is 4.14. The summed E-state index contributed by atoms with van der Waals surface area (Å²) in [4.78, 5) is 48.0. The average molecular weight is 540 g/mol. The molecule has 5 N–H and O–H groups in total. The first-order chi connectivity index (χ1) is 18.7. The van der Waals surface area contributed by atoms with E-state index in [2.05, 4.69) is 29.4 Å². The molecular weight excluding hydrogens is 506 g/mol. The number of carbonyl (C=O) groups excluding carboxylic acids is 2. The molecule has 0 saturated carbocycles. The number of hydrogen-bond donors (Lipinski definition) is 5. The van der Waals surface area contributed by atoms with E-state index in [4.69, 9.17) is 14.9 Å². The van der Waals surface area contributed by atoms with E-state index in [0.717, 1.165) is 13.1 Å². The van der Waals surface area contributed by atoms with E-state index in [1.807, 2.05) is 6.07 Å². The molecule has 1 fully saturated rings. The summed E-state index contributed by atoms with van der Waals surface area (Å²) in [5.74, 6) is -2.87. The van der Waals surface area contributed by atoms with Crippen molar-refractivity contribution in [3.05, 3.63) is 70.8 Å². The predicted molar refractivity (Wildman–Crippen MR) is 145 cm³/mol. The molecule has 1 heterocycles. The highest BCUT2D eigenvalue weighted by Crippen LogP contribution is 2.36. The second kappa shape index (κ2) is 13.7. The number of fused-ring (bicyclic) bond motifs is 2. The molecule has 0 amide bonds. The quantitative estimate of drug-likeness (QED) is 0.169. The number of epoxide rings is 1. The van der Waals surface area contributed by atoms with Gasteiger partial charge in [-0.2, -0.15) is 0 Å². The molecule has 1 saturated heterocycles. The Morgan fingerprint density at radius 1 is 0.949 bits per heavy atom. The number of carboxylic acid groups (broad SMARTS) is 2. The first-order valence-electron chi connectivity index (χ1n) is 12.6. The molecule has 1 aliphatic heterocycles. The van der Waals surface area contributed by atoms with Crippen LogP contribution in [0.2, 0.25) is 0 Å². The van der Waals surface area contributed by atoms with Gasteiger partial charge in [0.2, 0.25) is 0 Å². The van der Waals surface area contributed by atoms with Crippen LogP contribution in [0.1, 0.15) is 45.7 Å². The van der Waals surface area contributed by atoms with E-state index >= 15 is 0 Å². The molecule has 1 aliphatic carbocycles. The number of nitrogens with zero attached hydrogens (tertiary/aromatic N) is 1. The van der Waals surface area contributed by atoms with Gasteiger partial charge in [0, 0.05) is 54.3 Å². The zero-order valence-electron chi connectivity index (χ0n) is 21.8. The molecule has 0 aromatic heterocycles. The van der Waals surface area contributed by atoms with Gasteiger partial charge >= 0.3 is 11.9 Å². The Hall–Kier alpha value is -4.06. The second-order valence-corrected chi connectivity index (χ2v) is 8.98. The van der Waals surface area contributed by atoms with Crippen LogP contribution in [0, 0.1) is 0 Å². The van der Waals surface area contributed by atoms with Gasteiger partial charge in [0.05, 0.1) is 29.9 Å². The van der Waals surface area contributed by atoms with Crippen LogP contribution in [0.5, 0.6) is 0 Å². The first-order valence-corrected chi connectivity index (χ1v) is 12.6. The minimum Gasteiger partial charge on any atom is -0.478 e. The summed E-state index contributed by atoms with van der Waals surface area (Å²) in [6, 6.07) is 10.5. The lowest BCUT2D eigenvalue weighted by Gasteiger charge is -2.25. The number of rotatable bonds is 12. The van der Waals surface area contributed by atoms with Crippen LogP contribution in [0.3, 0.4) is 0 Å².